The van der Waals surface area contributed by atoms with Gasteiger partial charge in [0.2, 0.25) is 0 Å². The fourth-order valence-electron chi connectivity index (χ4n) is 6.44. The Hall–Kier alpha value is -3.42. The number of benzene rings is 2. The molecule has 7 rings (SSSR count). The van der Waals surface area contributed by atoms with Gasteiger partial charge in [-0.05, 0) is 57.4 Å². The monoisotopic (exact) mass is 429 g/mol. The number of piperazine rings is 1. The minimum Gasteiger partial charge on any atom is -0.453 e. The fourth-order valence-corrected chi connectivity index (χ4v) is 6.44. The zero-order valence-corrected chi connectivity index (χ0v) is 18.3. The lowest BCUT2D eigenvalue weighted by atomic mass is 9.79. The predicted molar refractivity (Wildman–Crippen MR) is 124 cm³/mol. The van der Waals surface area contributed by atoms with Crippen molar-refractivity contribution in [1.29, 1.82) is 0 Å². The van der Waals surface area contributed by atoms with Crippen LogP contribution >= 0.6 is 0 Å². The van der Waals surface area contributed by atoms with E-state index < -0.39 is 0 Å². The van der Waals surface area contributed by atoms with E-state index in [2.05, 4.69) is 86.0 Å². The van der Waals surface area contributed by atoms with Gasteiger partial charge in [0.15, 0.2) is 23.8 Å². The van der Waals surface area contributed by atoms with Gasteiger partial charge in [-0.2, -0.15) is 10.2 Å². The summed E-state index contributed by atoms with van der Waals surface area (Å²) in [7, 11) is 0. The number of anilines is 2. The Morgan fingerprint density at radius 3 is 2.03 bits per heavy atom. The molecule has 1 aliphatic carbocycles. The second-order valence-corrected chi connectivity index (χ2v) is 9.24. The van der Waals surface area contributed by atoms with Gasteiger partial charge in [-0.15, -0.1) is 0 Å². The minimum atomic E-state index is 0.0598. The highest BCUT2D eigenvalue weighted by Gasteiger charge is 2.57. The summed E-state index contributed by atoms with van der Waals surface area (Å²) in [5, 5.41) is 9.27. The Morgan fingerprint density at radius 1 is 0.781 bits per heavy atom. The van der Waals surface area contributed by atoms with E-state index >= 15 is 0 Å². The maximum Gasteiger partial charge on any atom is 0.157 e. The second kappa shape index (κ2) is 6.54. The average Bonchev–Trinajstić information content (AvgIpc) is 3.40. The summed E-state index contributed by atoms with van der Waals surface area (Å²) < 4.78 is 6.30. The molecule has 2 N–H and O–H groups in total. The Bertz CT molecular complexity index is 1100. The van der Waals surface area contributed by atoms with Crippen molar-refractivity contribution >= 4 is 23.0 Å². The van der Waals surface area contributed by atoms with Crippen molar-refractivity contribution in [2.24, 2.45) is 10.2 Å². The highest BCUT2D eigenvalue weighted by Crippen LogP contribution is 2.51. The lowest BCUT2D eigenvalue weighted by molar-refractivity contribution is -0.0182. The first kappa shape index (κ1) is 18.2. The Labute approximate surface area is 187 Å². The molecule has 2 aromatic rings. The van der Waals surface area contributed by atoms with Gasteiger partial charge in [-0.25, -0.2) is 0 Å². The molecule has 164 valence electrons. The highest BCUT2D eigenvalue weighted by molar-refractivity contribution is 5.86. The predicted octanol–water partition coefficient (Wildman–Crippen LogP) is 3.36. The van der Waals surface area contributed by atoms with Crippen LogP contribution in [0.25, 0.3) is 0 Å². The van der Waals surface area contributed by atoms with Crippen molar-refractivity contribution in [2.45, 2.75) is 63.6 Å². The molecule has 4 heterocycles. The third kappa shape index (κ3) is 2.32. The van der Waals surface area contributed by atoms with E-state index in [0.717, 1.165) is 47.4 Å². The van der Waals surface area contributed by atoms with Gasteiger partial charge in [0.1, 0.15) is 11.7 Å². The van der Waals surface area contributed by atoms with Crippen LogP contribution in [0.2, 0.25) is 0 Å². The van der Waals surface area contributed by atoms with Gasteiger partial charge in [0, 0.05) is 0 Å². The molecule has 32 heavy (non-hydrogen) atoms. The van der Waals surface area contributed by atoms with Crippen LogP contribution in [0.15, 0.2) is 58.7 Å². The van der Waals surface area contributed by atoms with E-state index in [1.54, 1.807) is 0 Å². The standard InChI is InChI=1S/C24H27N7O/c1-14-25-27-23-24-28-26-15(2)30(24)22-18(29(14)23)10-7-11-19(22)31-16-8-3-5-12-20(16)32-21-13-6-4-9-17(21)31/h3-6,8-9,12-13,18-19,22-24,27-28H,7,10-11H2,1-2H3. The van der Waals surface area contributed by atoms with Gasteiger partial charge in [-0.1, -0.05) is 24.3 Å². The van der Waals surface area contributed by atoms with Crippen LogP contribution in [0.1, 0.15) is 33.1 Å². The summed E-state index contributed by atoms with van der Waals surface area (Å²) in [6.07, 6.45) is 3.59. The maximum atomic E-state index is 6.30. The molecule has 0 amide bonds. The molecule has 4 aliphatic heterocycles. The molecule has 1 saturated carbocycles. The zero-order valence-electron chi connectivity index (χ0n) is 18.3. The van der Waals surface area contributed by atoms with Crippen molar-refractivity contribution in [3.05, 3.63) is 48.5 Å². The number of rotatable bonds is 1. The maximum absolute atomic E-state index is 6.30. The van der Waals surface area contributed by atoms with Gasteiger partial charge in [-0.3, -0.25) is 10.9 Å². The summed E-state index contributed by atoms with van der Waals surface area (Å²) in [5.41, 5.74) is 9.03. The third-order valence-electron chi connectivity index (χ3n) is 7.63. The number of nitrogens with zero attached hydrogens (tertiary/aromatic N) is 5. The number of fused-ring (bicyclic) bond motifs is 8. The first-order chi connectivity index (χ1) is 15.7. The van der Waals surface area contributed by atoms with Crippen LogP contribution in [-0.2, 0) is 0 Å². The summed E-state index contributed by atoms with van der Waals surface area (Å²) in [6, 6.07) is 17.7. The number of hydrogen-bond acceptors (Lipinski definition) is 8. The average molecular weight is 430 g/mol. The third-order valence-corrected chi connectivity index (χ3v) is 7.63. The van der Waals surface area contributed by atoms with Crippen LogP contribution < -0.4 is 20.5 Å². The first-order valence-electron chi connectivity index (χ1n) is 11.5. The molecule has 1 saturated heterocycles. The van der Waals surface area contributed by atoms with Crippen LogP contribution in [0.4, 0.5) is 11.4 Å². The van der Waals surface area contributed by atoms with Gasteiger partial charge < -0.3 is 19.4 Å². The smallest absolute Gasteiger partial charge is 0.157 e. The zero-order chi connectivity index (χ0) is 21.4. The summed E-state index contributed by atoms with van der Waals surface area (Å²) in [5.74, 6) is 3.96. The number of amidine groups is 2. The van der Waals surface area contributed by atoms with E-state index in [4.69, 9.17) is 4.74 Å². The molecule has 0 aromatic heterocycles. The molecular formula is C24H27N7O. The Morgan fingerprint density at radius 2 is 1.34 bits per heavy atom. The van der Waals surface area contributed by atoms with E-state index in [0.29, 0.717) is 6.04 Å². The van der Waals surface area contributed by atoms with E-state index in [-0.39, 0.29) is 24.4 Å². The molecule has 0 bridgehead atoms. The Kier molecular flexibility index (Phi) is 3.72. The van der Waals surface area contributed by atoms with E-state index in [1.165, 1.54) is 6.42 Å². The molecule has 8 heteroatoms. The molecule has 8 nitrogen and oxygen atoms in total. The number of ether oxygens (including phenoxy) is 1. The molecule has 0 radical (unpaired) electrons. The fraction of sp³-hybridized carbons (Fsp3) is 0.417. The van der Waals surface area contributed by atoms with Crippen molar-refractivity contribution < 1.29 is 4.74 Å². The SMILES string of the molecule is CC1=NNC2C3NN=C(C)N3C3C(N4c5ccccc5Oc5ccccc54)CCCC3N12. The Balaban J connectivity index is 1.39. The second-order valence-electron chi connectivity index (χ2n) is 9.24. The van der Waals surface area contributed by atoms with Crippen LogP contribution in [0, 0.1) is 0 Å². The van der Waals surface area contributed by atoms with E-state index in [1.807, 2.05) is 12.1 Å². The minimum absolute atomic E-state index is 0.0598. The number of para-hydroxylation sites is 4. The van der Waals surface area contributed by atoms with Crippen molar-refractivity contribution in [3.63, 3.8) is 0 Å². The molecule has 5 atom stereocenters. The summed E-state index contributed by atoms with van der Waals surface area (Å²) in [4.78, 5) is 7.54. The molecular weight excluding hydrogens is 402 g/mol. The van der Waals surface area contributed by atoms with Crippen molar-refractivity contribution in [2.75, 3.05) is 4.90 Å². The number of nitrogens with one attached hydrogen (secondary N) is 2. The summed E-state index contributed by atoms with van der Waals surface area (Å²) in [6.45, 7) is 4.24. The van der Waals surface area contributed by atoms with Crippen LogP contribution in [0.3, 0.4) is 0 Å². The molecule has 2 aromatic carbocycles. The topological polar surface area (TPSA) is 67.7 Å². The normalized spacial score (nSPS) is 31.7. The lowest BCUT2D eigenvalue weighted by Crippen LogP contribution is -2.76. The van der Waals surface area contributed by atoms with Gasteiger partial charge in [0.25, 0.3) is 0 Å². The highest BCUT2D eigenvalue weighted by atomic mass is 16.5. The van der Waals surface area contributed by atoms with Crippen LogP contribution in [0.5, 0.6) is 11.5 Å². The molecule has 5 aliphatic rings. The van der Waals surface area contributed by atoms with Crippen molar-refractivity contribution in [1.82, 2.24) is 20.7 Å². The molecule has 0 spiro atoms. The van der Waals surface area contributed by atoms with Crippen molar-refractivity contribution in [3.8, 4) is 11.5 Å². The number of hydrazone groups is 2. The quantitative estimate of drug-likeness (QED) is 0.725. The molecule has 5 unspecified atom stereocenters. The largest absolute Gasteiger partial charge is 0.453 e. The lowest BCUT2D eigenvalue weighted by Gasteiger charge is -2.58. The van der Waals surface area contributed by atoms with Crippen LogP contribution in [-0.4, -0.2) is 51.9 Å². The number of hydrogen-bond donors (Lipinski definition) is 2. The van der Waals surface area contributed by atoms with Gasteiger partial charge in [0.05, 0.1) is 29.5 Å². The first-order valence-corrected chi connectivity index (χ1v) is 11.5. The summed E-state index contributed by atoms with van der Waals surface area (Å²) >= 11 is 0. The van der Waals surface area contributed by atoms with Gasteiger partial charge >= 0.3 is 0 Å². The molecule has 2 fully saturated rings. The van der Waals surface area contributed by atoms with E-state index in [9.17, 15) is 0 Å².